The highest BCUT2D eigenvalue weighted by atomic mass is 16.6. The van der Waals surface area contributed by atoms with E-state index >= 15 is 0 Å². The highest BCUT2D eigenvalue weighted by Crippen LogP contribution is 2.30. The molecule has 0 spiro atoms. The number of rotatable bonds is 4. The van der Waals surface area contributed by atoms with Gasteiger partial charge >= 0.3 is 0 Å². The predicted molar refractivity (Wildman–Crippen MR) is 96.9 cm³/mol. The average molecular weight is 349 g/mol. The summed E-state index contributed by atoms with van der Waals surface area (Å²) in [5, 5.41) is 7.28. The smallest absolute Gasteiger partial charge is 0.255 e. The number of para-hydroxylation sites is 1. The van der Waals surface area contributed by atoms with Crippen LogP contribution in [0.5, 0.6) is 11.5 Å². The zero-order valence-corrected chi connectivity index (χ0v) is 14.4. The summed E-state index contributed by atoms with van der Waals surface area (Å²) in [6, 6.07) is 15.4. The van der Waals surface area contributed by atoms with Crippen molar-refractivity contribution >= 4 is 5.91 Å². The molecule has 2 aromatic carbocycles. The molecule has 26 heavy (non-hydrogen) atoms. The number of nitrogens with one attached hydrogen (secondary N) is 1. The van der Waals surface area contributed by atoms with E-state index in [-0.39, 0.29) is 5.91 Å². The fourth-order valence-corrected chi connectivity index (χ4v) is 2.94. The summed E-state index contributed by atoms with van der Waals surface area (Å²) in [7, 11) is 0. The molecular formula is C20H19N3O3. The van der Waals surface area contributed by atoms with Gasteiger partial charge in [0.1, 0.15) is 13.2 Å². The third-order valence-electron chi connectivity index (χ3n) is 4.31. The number of benzene rings is 2. The molecule has 1 aliphatic heterocycles. The third kappa shape index (κ3) is 3.13. The predicted octanol–water partition coefficient (Wildman–Crippen LogP) is 2.88. The van der Waals surface area contributed by atoms with E-state index in [1.165, 1.54) is 0 Å². The maximum atomic E-state index is 12.6. The molecule has 0 unspecified atom stereocenters. The molecule has 1 aromatic heterocycles. The van der Waals surface area contributed by atoms with Crippen molar-refractivity contribution in [3.63, 3.8) is 0 Å². The van der Waals surface area contributed by atoms with Crippen molar-refractivity contribution in [2.75, 3.05) is 13.2 Å². The lowest BCUT2D eigenvalue weighted by Gasteiger charge is -2.19. The number of ether oxygens (including phenoxy) is 2. The standard InChI is InChI=1S/C20H19N3O3/c1-14-17(13-22-23(14)16-5-3-2-4-6-16)20(24)21-12-15-7-8-18-19(11-15)26-10-9-25-18/h2-8,11,13H,9-10,12H2,1H3,(H,21,24). The Hall–Kier alpha value is -3.28. The summed E-state index contributed by atoms with van der Waals surface area (Å²) in [5.41, 5.74) is 3.24. The second-order valence-electron chi connectivity index (χ2n) is 6.05. The van der Waals surface area contributed by atoms with E-state index in [0.29, 0.717) is 25.3 Å². The average Bonchev–Trinajstić information content (AvgIpc) is 3.08. The van der Waals surface area contributed by atoms with Crippen molar-refractivity contribution in [1.29, 1.82) is 0 Å². The van der Waals surface area contributed by atoms with Gasteiger partial charge in [0.05, 0.1) is 23.1 Å². The Labute approximate surface area is 151 Å². The van der Waals surface area contributed by atoms with Crippen molar-refractivity contribution in [2.45, 2.75) is 13.5 Å². The van der Waals surface area contributed by atoms with Gasteiger partial charge in [0.15, 0.2) is 11.5 Å². The molecule has 6 nitrogen and oxygen atoms in total. The first-order valence-electron chi connectivity index (χ1n) is 8.49. The fraction of sp³-hybridized carbons (Fsp3) is 0.200. The molecule has 0 saturated carbocycles. The van der Waals surface area contributed by atoms with Crippen LogP contribution in [0.3, 0.4) is 0 Å². The normalized spacial score (nSPS) is 12.7. The van der Waals surface area contributed by atoms with Gasteiger partial charge in [-0.2, -0.15) is 5.10 Å². The first-order chi connectivity index (χ1) is 12.7. The van der Waals surface area contributed by atoms with Crippen LogP contribution in [0, 0.1) is 6.92 Å². The number of carbonyl (C=O) groups excluding carboxylic acids is 1. The molecule has 2 heterocycles. The second kappa shape index (κ2) is 6.92. The molecule has 1 amide bonds. The Morgan fingerprint density at radius 2 is 1.88 bits per heavy atom. The maximum Gasteiger partial charge on any atom is 0.255 e. The van der Waals surface area contributed by atoms with Gasteiger partial charge < -0.3 is 14.8 Å². The zero-order chi connectivity index (χ0) is 17.9. The molecule has 1 N–H and O–H groups in total. The lowest BCUT2D eigenvalue weighted by molar-refractivity contribution is 0.0950. The molecule has 132 valence electrons. The summed E-state index contributed by atoms with van der Waals surface area (Å²) in [4.78, 5) is 12.6. The summed E-state index contributed by atoms with van der Waals surface area (Å²) >= 11 is 0. The first kappa shape index (κ1) is 16.2. The molecular weight excluding hydrogens is 330 g/mol. The molecule has 0 bridgehead atoms. The van der Waals surface area contributed by atoms with Gasteiger partial charge in [0.2, 0.25) is 0 Å². The number of nitrogens with zero attached hydrogens (tertiary/aromatic N) is 2. The molecule has 4 rings (SSSR count). The van der Waals surface area contributed by atoms with Crippen LogP contribution < -0.4 is 14.8 Å². The first-order valence-corrected chi connectivity index (χ1v) is 8.49. The van der Waals surface area contributed by atoms with E-state index in [1.807, 2.05) is 55.5 Å². The van der Waals surface area contributed by atoms with Crippen LogP contribution in [0.1, 0.15) is 21.6 Å². The Morgan fingerprint density at radius 1 is 1.12 bits per heavy atom. The minimum atomic E-state index is -0.153. The number of amides is 1. The zero-order valence-electron chi connectivity index (χ0n) is 14.4. The van der Waals surface area contributed by atoms with Crippen LogP contribution in [-0.2, 0) is 6.54 Å². The molecule has 0 fully saturated rings. The SMILES string of the molecule is Cc1c(C(=O)NCc2ccc3c(c2)OCCO3)cnn1-c1ccccc1. The summed E-state index contributed by atoms with van der Waals surface area (Å²) < 4.78 is 12.8. The van der Waals surface area contributed by atoms with E-state index in [4.69, 9.17) is 9.47 Å². The maximum absolute atomic E-state index is 12.6. The second-order valence-corrected chi connectivity index (χ2v) is 6.05. The molecule has 0 saturated heterocycles. The van der Waals surface area contributed by atoms with Crippen LogP contribution in [0.15, 0.2) is 54.7 Å². The van der Waals surface area contributed by atoms with E-state index in [2.05, 4.69) is 10.4 Å². The van der Waals surface area contributed by atoms with Crippen molar-refractivity contribution in [3.05, 3.63) is 71.5 Å². The minimum absolute atomic E-state index is 0.153. The number of hydrogen-bond donors (Lipinski definition) is 1. The molecule has 3 aromatic rings. The third-order valence-corrected chi connectivity index (χ3v) is 4.31. The van der Waals surface area contributed by atoms with Crippen LogP contribution >= 0.6 is 0 Å². The van der Waals surface area contributed by atoms with Gasteiger partial charge in [-0.3, -0.25) is 4.79 Å². The summed E-state index contributed by atoms with van der Waals surface area (Å²) in [6.45, 7) is 3.40. The number of aromatic nitrogens is 2. The van der Waals surface area contributed by atoms with Crippen molar-refractivity contribution in [1.82, 2.24) is 15.1 Å². The minimum Gasteiger partial charge on any atom is -0.486 e. The highest BCUT2D eigenvalue weighted by Gasteiger charge is 2.16. The fourth-order valence-electron chi connectivity index (χ4n) is 2.94. The van der Waals surface area contributed by atoms with E-state index < -0.39 is 0 Å². The van der Waals surface area contributed by atoms with Gasteiger partial charge in [0, 0.05) is 6.54 Å². The van der Waals surface area contributed by atoms with E-state index in [1.54, 1.807) is 10.9 Å². The van der Waals surface area contributed by atoms with Crippen molar-refractivity contribution < 1.29 is 14.3 Å². The van der Waals surface area contributed by atoms with Gasteiger partial charge in [-0.1, -0.05) is 24.3 Å². The monoisotopic (exact) mass is 349 g/mol. The number of fused-ring (bicyclic) bond motifs is 1. The van der Waals surface area contributed by atoms with Crippen LogP contribution in [0.4, 0.5) is 0 Å². The number of hydrogen-bond acceptors (Lipinski definition) is 4. The molecule has 1 aliphatic rings. The summed E-state index contributed by atoms with van der Waals surface area (Å²) in [5.74, 6) is 1.31. The van der Waals surface area contributed by atoms with Gasteiger partial charge in [-0.05, 0) is 36.8 Å². The van der Waals surface area contributed by atoms with E-state index in [0.717, 1.165) is 28.4 Å². The number of carbonyl (C=O) groups is 1. The van der Waals surface area contributed by atoms with Gasteiger partial charge in [-0.15, -0.1) is 0 Å². The molecule has 0 atom stereocenters. The van der Waals surface area contributed by atoms with Gasteiger partial charge in [0.25, 0.3) is 5.91 Å². The Kier molecular flexibility index (Phi) is 4.31. The Balaban J connectivity index is 1.47. The Morgan fingerprint density at radius 3 is 2.69 bits per heavy atom. The molecule has 0 aliphatic carbocycles. The van der Waals surface area contributed by atoms with Crippen LogP contribution in [0.25, 0.3) is 5.69 Å². The van der Waals surface area contributed by atoms with Crippen LogP contribution in [-0.4, -0.2) is 28.9 Å². The quantitative estimate of drug-likeness (QED) is 0.787. The van der Waals surface area contributed by atoms with Crippen molar-refractivity contribution in [2.24, 2.45) is 0 Å². The van der Waals surface area contributed by atoms with Crippen LogP contribution in [0.2, 0.25) is 0 Å². The highest BCUT2D eigenvalue weighted by molar-refractivity contribution is 5.95. The largest absolute Gasteiger partial charge is 0.486 e. The van der Waals surface area contributed by atoms with E-state index in [9.17, 15) is 4.79 Å². The van der Waals surface area contributed by atoms with Gasteiger partial charge in [-0.25, -0.2) is 4.68 Å². The lowest BCUT2D eigenvalue weighted by Crippen LogP contribution is -2.23. The lowest BCUT2D eigenvalue weighted by atomic mass is 10.2. The molecule has 6 heteroatoms. The van der Waals surface area contributed by atoms with Crippen molar-refractivity contribution in [3.8, 4) is 17.2 Å². The molecule has 0 radical (unpaired) electrons. The Bertz CT molecular complexity index is 935. The summed E-state index contributed by atoms with van der Waals surface area (Å²) in [6.07, 6.45) is 1.60. The topological polar surface area (TPSA) is 65.4 Å².